The van der Waals surface area contributed by atoms with E-state index in [1.54, 1.807) is 0 Å². The summed E-state index contributed by atoms with van der Waals surface area (Å²) < 4.78 is 23.7. The molecule has 1 unspecified atom stereocenters. The molecule has 6 heteroatoms. The number of likely N-dealkylation sites (N-methyl/N-ethyl adjacent to an activating group) is 1. The standard InChI is InChI=1S/C14H30N2O3S/c1-11(2)8-9-12(14(3,4)5)15-13(17)10-16(6)20(7,18)19/h11-12H,8-10H2,1-7H3,(H,15,17). The predicted molar refractivity (Wildman–Crippen MR) is 82.9 cm³/mol. The molecule has 0 radical (unpaired) electrons. The number of hydrogen-bond acceptors (Lipinski definition) is 3. The van der Waals surface area contributed by atoms with Crippen LogP contribution < -0.4 is 5.32 Å². The zero-order chi connectivity index (χ0) is 16.1. The molecule has 1 amide bonds. The topological polar surface area (TPSA) is 66.5 Å². The van der Waals surface area contributed by atoms with Gasteiger partial charge in [0.15, 0.2) is 0 Å². The number of sulfonamides is 1. The highest BCUT2D eigenvalue weighted by Crippen LogP contribution is 2.24. The van der Waals surface area contributed by atoms with E-state index in [-0.39, 0.29) is 23.9 Å². The van der Waals surface area contributed by atoms with Crippen molar-refractivity contribution < 1.29 is 13.2 Å². The number of rotatable bonds is 7. The number of carbonyl (C=O) groups excluding carboxylic acids is 1. The third kappa shape index (κ3) is 7.85. The van der Waals surface area contributed by atoms with Crippen LogP contribution in [0.4, 0.5) is 0 Å². The second-order valence-electron chi connectivity index (χ2n) is 6.98. The van der Waals surface area contributed by atoms with Gasteiger partial charge in [-0.25, -0.2) is 8.42 Å². The molecule has 120 valence electrons. The summed E-state index contributed by atoms with van der Waals surface area (Å²) in [7, 11) is -1.91. The molecule has 20 heavy (non-hydrogen) atoms. The van der Waals surface area contributed by atoms with E-state index in [4.69, 9.17) is 0 Å². The Morgan fingerprint density at radius 2 is 1.70 bits per heavy atom. The van der Waals surface area contributed by atoms with E-state index in [0.29, 0.717) is 5.92 Å². The van der Waals surface area contributed by atoms with E-state index < -0.39 is 10.0 Å². The Bertz CT molecular complexity index is 411. The van der Waals surface area contributed by atoms with Crippen LogP contribution in [0.1, 0.15) is 47.5 Å². The van der Waals surface area contributed by atoms with Crippen LogP contribution in [0.2, 0.25) is 0 Å². The zero-order valence-corrected chi connectivity index (χ0v) is 14.7. The zero-order valence-electron chi connectivity index (χ0n) is 13.9. The number of nitrogens with one attached hydrogen (secondary N) is 1. The minimum atomic E-state index is -3.32. The Morgan fingerprint density at radius 1 is 1.20 bits per heavy atom. The van der Waals surface area contributed by atoms with E-state index in [1.165, 1.54) is 7.05 Å². The van der Waals surface area contributed by atoms with Gasteiger partial charge in [0.05, 0.1) is 12.8 Å². The number of nitrogens with zero attached hydrogens (tertiary/aromatic N) is 1. The van der Waals surface area contributed by atoms with Gasteiger partial charge in [-0.15, -0.1) is 0 Å². The Hall–Kier alpha value is -0.620. The molecule has 0 saturated carbocycles. The van der Waals surface area contributed by atoms with Crippen LogP contribution in [-0.4, -0.2) is 44.5 Å². The summed E-state index contributed by atoms with van der Waals surface area (Å²) in [5.74, 6) is 0.331. The molecule has 0 heterocycles. The minimum Gasteiger partial charge on any atom is -0.352 e. The predicted octanol–water partition coefficient (Wildman–Crippen LogP) is 1.84. The van der Waals surface area contributed by atoms with Crippen molar-refractivity contribution in [3.63, 3.8) is 0 Å². The van der Waals surface area contributed by atoms with Crippen LogP contribution >= 0.6 is 0 Å². The maximum atomic E-state index is 12.0. The first kappa shape index (κ1) is 19.4. The first-order valence-electron chi connectivity index (χ1n) is 7.04. The second kappa shape index (κ2) is 7.41. The van der Waals surface area contributed by atoms with E-state index in [2.05, 4.69) is 39.9 Å². The van der Waals surface area contributed by atoms with Gasteiger partial charge in [-0.3, -0.25) is 4.79 Å². The highest BCUT2D eigenvalue weighted by molar-refractivity contribution is 7.88. The number of hydrogen-bond donors (Lipinski definition) is 1. The fourth-order valence-electron chi connectivity index (χ4n) is 1.78. The molecule has 5 nitrogen and oxygen atoms in total. The molecule has 0 aromatic rings. The monoisotopic (exact) mass is 306 g/mol. The Morgan fingerprint density at radius 3 is 2.05 bits per heavy atom. The van der Waals surface area contributed by atoms with Crippen molar-refractivity contribution in [3.05, 3.63) is 0 Å². The molecule has 1 N–H and O–H groups in total. The van der Waals surface area contributed by atoms with Gasteiger partial charge in [0.1, 0.15) is 0 Å². The molecule has 0 aliphatic rings. The molecular weight excluding hydrogens is 276 g/mol. The van der Waals surface area contributed by atoms with E-state index in [1.807, 2.05) is 0 Å². The summed E-state index contributed by atoms with van der Waals surface area (Å²) in [4.78, 5) is 12.0. The van der Waals surface area contributed by atoms with Crippen molar-refractivity contribution in [2.75, 3.05) is 19.8 Å². The third-order valence-corrected chi connectivity index (χ3v) is 4.61. The lowest BCUT2D eigenvalue weighted by atomic mass is 9.83. The van der Waals surface area contributed by atoms with Crippen molar-refractivity contribution >= 4 is 15.9 Å². The normalized spacial score (nSPS) is 14.7. The largest absolute Gasteiger partial charge is 0.352 e. The molecule has 0 aromatic heterocycles. The van der Waals surface area contributed by atoms with Gasteiger partial charge in [-0.05, 0) is 24.2 Å². The van der Waals surface area contributed by atoms with Gasteiger partial charge in [0, 0.05) is 13.1 Å². The van der Waals surface area contributed by atoms with E-state index in [0.717, 1.165) is 23.4 Å². The van der Waals surface area contributed by atoms with Crippen LogP contribution in [-0.2, 0) is 14.8 Å². The maximum absolute atomic E-state index is 12.0. The van der Waals surface area contributed by atoms with Gasteiger partial charge >= 0.3 is 0 Å². The summed E-state index contributed by atoms with van der Waals surface area (Å²) >= 11 is 0. The molecule has 0 spiro atoms. The molecule has 0 bridgehead atoms. The van der Waals surface area contributed by atoms with Crippen LogP contribution in [0.3, 0.4) is 0 Å². The summed E-state index contributed by atoms with van der Waals surface area (Å²) in [6, 6.07) is 0.0466. The van der Waals surface area contributed by atoms with Crippen LogP contribution in [0.5, 0.6) is 0 Å². The third-order valence-electron chi connectivity index (χ3n) is 3.35. The van der Waals surface area contributed by atoms with E-state index >= 15 is 0 Å². The van der Waals surface area contributed by atoms with Crippen molar-refractivity contribution in [2.45, 2.75) is 53.5 Å². The van der Waals surface area contributed by atoms with Crippen molar-refractivity contribution in [1.82, 2.24) is 9.62 Å². The quantitative estimate of drug-likeness (QED) is 0.780. The smallest absolute Gasteiger partial charge is 0.235 e. The fraction of sp³-hybridized carbons (Fsp3) is 0.929. The molecule has 0 aromatic carbocycles. The molecule has 1 atom stereocenters. The molecular formula is C14H30N2O3S. The van der Waals surface area contributed by atoms with Crippen LogP contribution in [0.25, 0.3) is 0 Å². The van der Waals surface area contributed by atoms with Gasteiger partial charge in [0.25, 0.3) is 0 Å². The SMILES string of the molecule is CC(C)CCC(NC(=O)CN(C)S(C)(=O)=O)C(C)(C)C. The van der Waals surface area contributed by atoms with Gasteiger partial charge in [-0.2, -0.15) is 4.31 Å². The lowest BCUT2D eigenvalue weighted by Gasteiger charge is -2.32. The fourth-order valence-corrected chi connectivity index (χ4v) is 2.13. The van der Waals surface area contributed by atoms with Crippen molar-refractivity contribution in [2.24, 2.45) is 11.3 Å². The summed E-state index contributed by atoms with van der Waals surface area (Å²) in [6.45, 7) is 10.4. The summed E-state index contributed by atoms with van der Waals surface area (Å²) in [5, 5.41) is 2.97. The number of amides is 1. The maximum Gasteiger partial charge on any atom is 0.235 e. The second-order valence-corrected chi connectivity index (χ2v) is 9.07. The average Bonchev–Trinajstić information content (AvgIpc) is 2.20. The first-order valence-corrected chi connectivity index (χ1v) is 8.89. The average molecular weight is 306 g/mol. The highest BCUT2D eigenvalue weighted by Gasteiger charge is 2.27. The van der Waals surface area contributed by atoms with Crippen LogP contribution in [0.15, 0.2) is 0 Å². The highest BCUT2D eigenvalue weighted by atomic mass is 32.2. The van der Waals surface area contributed by atoms with Crippen molar-refractivity contribution in [3.8, 4) is 0 Å². The van der Waals surface area contributed by atoms with Gasteiger partial charge in [-0.1, -0.05) is 34.6 Å². The Kier molecular flexibility index (Phi) is 7.18. The molecule has 0 aliphatic carbocycles. The molecule has 0 saturated heterocycles. The summed E-state index contributed by atoms with van der Waals surface area (Å²) in [5.41, 5.74) is -0.0474. The van der Waals surface area contributed by atoms with Crippen LogP contribution in [0, 0.1) is 11.3 Å². The first-order chi connectivity index (χ1) is 8.84. The lowest BCUT2D eigenvalue weighted by molar-refractivity contribution is -0.122. The minimum absolute atomic E-state index is 0.0466. The van der Waals surface area contributed by atoms with Crippen molar-refractivity contribution in [1.29, 1.82) is 0 Å². The molecule has 0 fully saturated rings. The lowest BCUT2D eigenvalue weighted by Crippen LogP contribution is -2.47. The molecule has 0 rings (SSSR count). The Labute approximate surface area is 124 Å². The van der Waals surface area contributed by atoms with Gasteiger partial charge in [0.2, 0.25) is 15.9 Å². The van der Waals surface area contributed by atoms with Gasteiger partial charge < -0.3 is 5.32 Å². The summed E-state index contributed by atoms with van der Waals surface area (Å²) in [6.07, 6.45) is 3.03. The Balaban J connectivity index is 4.62. The number of carbonyl (C=O) groups is 1. The van der Waals surface area contributed by atoms with E-state index in [9.17, 15) is 13.2 Å². The molecule has 0 aliphatic heterocycles.